The van der Waals surface area contributed by atoms with Gasteiger partial charge in [-0.1, -0.05) is 18.7 Å². The van der Waals surface area contributed by atoms with Gasteiger partial charge in [0.15, 0.2) is 0 Å². The normalized spacial score (nSPS) is 15.8. The lowest BCUT2D eigenvalue weighted by molar-refractivity contribution is -0.0688. The van der Waals surface area contributed by atoms with Crippen LogP contribution in [0.4, 0.5) is 18.9 Å². The van der Waals surface area contributed by atoms with Gasteiger partial charge in [-0.15, -0.1) is 0 Å². The van der Waals surface area contributed by atoms with Crippen LogP contribution in [0.3, 0.4) is 0 Å². The number of hydrogen-bond acceptors (Lipinski definition) is 4. The summed E-state index contributed by atoms with van der Waals surface area (Å²) in [6, 6.07) is 10.2. The Morgan fingerprint density at radius 3 is 2.50 bits per heavy atom. The lowest BCUT2D eigenvalue weighted by Gasteiger charge is -2.30. The fraction of sp³-hybridized carbons (Fsp3) is 0.333. The lowest BCUT2D eigenvalue weighted by atomic mass is 9.99. The van der Waals surface area contributed by atoms with E-state index in [9.17, 15) is 18.0 Å². The van der Waals surface area contributed by atoms with E-state index in [1.807, 2.05) is 6.07 Å². The van der Waals surface area contributed by atoms with Crippen molar-refractivity contribution in [2.45, 2.75) is 25.1 Å². The molecule has 1 saturated heterocycles. The molecule has 1 N–H and O–H groups in total. The number of alkyl halides is 3. The number of hydrogen-bond donors (Lipinski definition) is 1. The van der Waals surface area contributed by atoms with Crippen molar-refractivity contribution in [1.29, 1.82) is 0 Å². The van der Waals surface area contributed by atoms with E-state index in [1.54, 1.807) is 37.5 Å². The van der Waals surface area contributed by atoms with E-state index in [-0.39, 0.29) is 17.3 Å². The molecule has 5 nitrogen and oxygen atoms in total. The van der Waals surface area contributed by atoms with Gasteiger partial charge in [0.05, 0.1) is 17.0 Å². The maximum atomic E-state index is 13.6. The minimum atomic E-state index is -4.62. The summed E-state index contributed by atoms with van der Waals surface area (Å²) >= 11 is 0. The van der Waals surface area contributed by atoms with E-state index in [4.69, 9.17) is 0 Å². The predicted molar refractivity (Wildman–Crippen MR) is 122 cm³/mol. The molecule has 0 bridgehead atoms. The zero-order chi connectivity index (χ0) is 23.0. The minimum Gasteiger partial charge on any atom is -0.382 e. The number of pyridine rings is 2. The molecule has 0 aliphatic carbocycles. The highest BCUT2D eigenvalue weighted by molar-refractivity contribution is 6.01. The fourth-order valence-corrected chi connectivity index (χ4v) is 4.00. The number of nitrogens with zero attached hydrogens (tertiary/aromatic N) is 3. The number of halogens is 3. The number of rotatable bonds is 4. The summed E-state index contributed by atoms with van der Waals surface area (Å²) in [4.78, 5) is 18.7. The van der Waals surface area contributed by atoms with Crippen molar-refractivity contribution >= 4 is 22.0 Å². The Hall–Kier alpha value is -3.13. The number of aromatic nitrogens is 2. The van der Waals surface area contributed by atoms with Crippen molar-refractivity contribution in [2.24, 2.45) is 7.05 Å². The highest BCUT2D eigenvalue weighted by Gasteiger charge is 2.35. The quantitative estimate of drug-likeness (QED) is 0.637. The van der Waals surface area contributed by atoms with E-state index in [1.165, 1.54) is 10.6 Å². The van der Waals surface area contributed by atoms with Crippen LogP contribution in [0.2, 0.25) is 0 Å². The summed E-state index contributed by atoms with van der Waals surface area (Å²) in [6.45, 7) is 5.20. The van der Waals surface area contributed by atoms with Crippen LogP contribution in [0, 0.1) is 0 Å². The van der Waals surface area contributed by atoms with Gasteiger partial charge < -0.3 is 14.8 Å². The molecule has 4 rings (SSSR count). The van der Waals surface area contributed by atoms with Crippen LogP contribution in [-0.2, 0) is 7.05 Å². The van der Waals surface area contributed by atoms with Crippen LogP contribution in [0.1, 0.15) is 18.5 Å². The first-order valence-corrected chi connectivity index (χ1v) is 10.5. The topological polar surface area (TPSA) is 50.2 Å². The third-order valence-corrected chi connectivity index (χ3v) is 5.98. The van der Waals surface area contributed by atoms with Crippen molar-refractivity contribution in [2.75, 3.05) is 25.5 Å². The maximum absolute atomic E-state index is 13.6. The second-order valence-corrected chi connectivity index (χ2v) is 8.32. The average Bonchev–Trinajstić information content (AvgIpc) is 2.75. The Morgan fingerprint density at radius 1 is 1.12 bits per heavy atom. The number of allylic oxidation sites excluding steroid dienone is 1. The number of anilines is 1. The molecule has 3 aromatic rings. The van der Waals surface area contributed by atoms with Crippen LogP contribution in [-0.4, -0.2) is 46.8 Å². The summed E-state index contributed by atoms with van der Waals surface area (Å²) in [5.41, 5.74) is 0.00923. The molecule has 0 atom stereocenters. The van der Waals surface area contributed by atoms with Crippen LogP contribution < -0.4 is 10.9 Å². The summed E-state index contributed by atoms with van der Waals surface area (Å²) < 4.78 is 42.2. The number of piperidine rings is 1. The zero-order valence-electron chi connectivity index (χ0n) is 18.0. The van der Waals surface area contributed by atoms with Gasteiger partial charge in [-0.25, -0.2) is 4.98 Å². The van der Waals surface area contributed by atoms with Crippen LogP contribution >= 0.6 is 0 Å². The van der Waals surface area contributed by atoms with Gasteiger partial charge >= 0.3 is 6.18 Å². The number of fused-ring (bicyclic) bond motifs is 1. The van der Waals surface area contributed by atoms with Crippen molar-refractivity contribution < 1.29 is 13.2 Å². The van der Waals surface area contributed by atoms with E-state index >= 15 is 0 Å². The molecule has 8 heteroatoms. The second-order valence-electron chi connectivity index (χ2n) is 8.32. The predicted octanol–water partition coefficient (Wildman–Crippen LogP) is 4.68. The molecule has 1 fully saturated rings. The monoisotopic (exact) mass is 442 g/mol. The Morgan fingerprint density at radius 2 is 1.84 bits per heavy atom. The average molecular weight is 442 g/mol. The summed E-state index contributed by atoms with van der Waals surface area (Å²) in [5.74, 6) is 0. The molecule has 0 amide bonds. The fourth-order valence-electron chi connectivity index (χ4n) is 4.00. The SMILES string of the molecule is C=C(c1nc(-c2ccn(C)c(=O)c2)cc2c(NC3CCN(C)CC3)cccc12)C(F)(F)F. The Balaban J connectivity index is 1.88. The minimum absolute atomic E-state index is 0.224. The molecule has 168 valence electrons. The Kier molecular flexibility index (Phi) is 5.81. The third kappa shape index (κ3) is 4.41. The van der Waals surface area contributed by atoms with Crippen LogP contribution in [0.15, 0.2) is 54.0 Å². The van der Waals surface area contributed by atoms with Gasteiger partial charge in [0.2, 0.25) is 0 Å². The first kappa shape index (κ1) is 22.1. The molecule has 0 unspecified atom stereocenters. The number of aryl methyl sites for hydroxylation is 1. The molecule has 1 aliphatic rings. The highest BCUT2D eigenvalue weighted by atomic mass is 19.4. The van der Waals surface area contributed by atoms with Crippen molar-refractivity contribution in [1.82, 2.24) is 14.5 Å². The molecule has 1 aliphatic heterocycles. The molecular weight excluding hydrogens is 417 g/mol. The van der Waals surface area contributed by atoms with Gasteiger partial charge in [-0.2, -0.15) is 13.2 Å². The molecular formula is C24H25F3N4O. The standard InChI is InChI=1S/C24H25F3N4O/c1-15(24(25,26)27)23-18-5-4-6-20(28-17-8-10-30(2)11-9-17)19(18)14-21(29-23)16-7-12-31(3)22(32)13-16/h4-7,12-14,17,28H,1,8-11H2,2-3H3. The Labute approximate surface area is 184 Å². The van der Waals surface area contributed by atoms with Gasteiger partial charge in [-0.05, 0) is 51.2 Å². The van der Waals surface area contributed by atoms with Gasteiger partial charge in [-0.3, -0.25) is 4.79 Å². The van der Waals surface area contributed by atoms with Crippen molar-refractivity contribution in [3.63, 3.8) is 0 Å². The summed E-state index contributed by atoms with van der Waals surface area (Å²) in [5, 5.41) is 4.51. The highest BCUT2D eigenvalue weighted by Crippen LogP contribution is 2.38. The van der Waals surface area contributed by atoms with Crippen LogP contribution in [0.5, 0.6) is 0 Å². The van der Waals surface area contributed by atoms with Gasteiger partial charge in [0, 0.05) is 47.4 Å². The number of benzene rings is 1. The molecule has 3 heterocycles. The summed E-state index contributed by atoms with van der Waals surface area (Å²) in [7, 11) is 3.69. The zero-order valence-corrected chi connectivity index (χ0v) is 18.0. The third-order valence-electron chi connectivity index (χ3n) is 5.98. The largest absolute Gasteiger partial charge is 0.417 e. The molecule has 32 heavy (non-hydrogen) atoms. The van der Waals surface area contributed by atoms with Gasteiger partial charge in [0.1, 0.15) is 0 Å². The maximum Gasteiger partial charge on any atom is 0.417 e. The lowest BCUT2D eigenvalue weighted by Crippen LogP contribution is -2.36. The molecule has 0 radical (unpaired) electrons. The number of nitrogens with one attached hydrogen (secondary N) is 1. The van der Waals surface area contributed by atoms with E-state index in [2.05, 4.69) is 28.8 Å². The van der Waals surface area contributed by atoms with E-state index in [0.29, 0.717) is 22.0 Å². The molecule has 0 spiro atoms. The Bertz CT molecular complexity index is 1220. The molecule has 1 aromatic carbocycles. The smallest absolute Gasteiger partial charge is 0.382 e. The van der Waals surface area contributed by atoms with E-state index < -0.39 is 11.7 Å². The van der Waals surface area contributed by atoms with Crippen LogP contribution in [0.25, 0.3) is 27.6 Å². The van der Waals surface area contributed by atoms with Crippen molar-refractivity contribution in [3.8, 4) is 11.3 Å². The first-order valence-electron chi connectivity index (χ1n) is 10.5. The molecule has 0 saturated carbocycles. The van der Waals surface area contributed by atoms with Gasteiger partial charge in [0.25, 0.3) is 5.56 Å². The molecule has 2 aromatic heterocycles. The van der Waals surface area contributed by atoms with E-state index in [0.717, 1.165) is 31.6 Å². The second kappa shape index (κ2) is 8.43. The number of likely N-dealkylation sites (tertiary alicyclic amines) is 1. The van der Waals surface area contributed by atoms with Crippen molar-refractivity contribution in [3.05, 3.63) is 65.2 Å². The first-order chi connectivity index (χ1) is 15.1. The summed E-state index contributed by atoms with van der Waals surface area (Å²) in [6.07, 6.45) is -1.16.